The zero-order chi connectivity index (χ0) is 11.1. The molecule has 0 saturated heterocycles. The lowest BCUT2D eigenvalue weighted by Gasteiger charge is -2.23. The number of hydrogen-bond donors (Lipinski definition) is 3. The molecule has 5 nitrogen and oxygen atoms in total. The average molecular weight is 202 g/mol. The van der Waals surface area contributed by atoms with E-state index in [-0.39, 0.29) is 11.9 Å². The van der Waals surface area contributed by atoms with Crippen LogP contribution < -0.4 is 11.1 Å². The van der Waals surface area contributed by atoms with Crippen LogP contribution in [0.25, 0.3) is 0 Å². The molecule has 0 aliphatic heterocycles. The van der Waals surface area contributed by atoms with E-state index < -0.39 is 0 Å². The maximum atomic E-state index is 8.54. The van der Waals surface area contributed by atoms with Crippen LogP contribution in [0.2, 0.25) is 0 Å². The number of amidine groups is 1. The average Bonchev–Trinajstić information content (AvgIpc) is 2.11. The summed E-state index contributed by atoms with van der Waals surface area (Å²) in [6.07, 6.45) is 0.813. The normalized spacial score (nSPS) is 17.1. The van der Waals surface area contributed by atoms with Crippen molar-refractivity contribution in [1.29, 1.82) is 0 Å². The third kappa shape index (κ3) is 5.04. The van der Waals surface area contributed by atoms with Crippen LogP contribution in [0.15, 0.2) is 5.16 Å². The molecule has 4 N–H and O–H groups in total. The van der Waals surface area contributed by atoms with E-state index in [2.05, 4.69) is 22.3 Å². The molecule has 0 rings (SSSR count). The van der Waals surface area contributed by atoms with E-state index in [1.165, 1.54) is 0 Å². The topological polar surface area (TPSA) is 73.9 Å². The molecule has 0 aromatic heterocycles. The fraction of sp³-hybridized carbons (Fsp3) is 0.889. The fourth-order valence-electron chi connectivity index (χ4n) is 1.43. The molecule has 0 aromatic carbocycles. The van der Waals surface area contributed by atoms with E-state index in [1.807, 2.05) is 21.0 Å². The van der Waals surface area contributed by atoms with Crippen LogP contribution in [-0.2, 0) is 0 Å². The van der Waals surface area contributed by atoms with Gasteiger partial charge in [-0.2, -0.15) is 0 Å². The van der Waals surface area contributed by atoms with E-state index in [4.69, 9.17) is 10.9 Å². The third-order valence-corrected chi connectivity index (χ3v) is 2.01. The summed E-state index contributed by atoms with van der Waals surface area (Å²) in [5.41, 5.74) is 5.53. The highest BCUT2D eigenvalue weighted by Crippen LogP contribution is 1.95. The number of hydrogen-bond acceptors (Lipinski definition) is 4. The maximum absolute atomic E-state index is 8.54. The quantitative estimate of drug-likeness (QED) is 0.246. The Kier molecular flexibility index (Phi) is 6.23. The summed E-state index contributed by atoms with van der Waals surface area (Å²) in [6, 6.07) is 0.269. The summed E-state index contributed by atoms with van der Waals surface area (Å²) in [5.74, 6) is 0.248. The molecule has 0 saturated carbocycles. The van der Waals surface area contributed by atoms with E-state index in [0.717, 1.165) is 13.0 Å². The van der Waals surface area contributed by atoms with Crippen molar-refractivity contribution in [1.82, 2.24) is 10.2 Å². The van der Waals surface area contributed by atoms with Gasteiger partial charge < -0.3 is 21.2 Å². The van der Waals surface area contributed by atoms with Crippen molar-refractivity contribution in [3.05, 3.63) is 0 Å². The minimum Gasteiger partial charge on any atom is -0.409 e. The first kappa shape index (κ1) is 13.2. The number of oxime groups is 1. The van der Waals surface area contributed by atoms with Gasteiger partial charge in [-0.1, -0.05) is 12.1 Å². The van der Waals surface area contributed by atoms with Gasteiger partial charge in [-0.3, -0.25) is 0 Å². The highest BCUT2D eigenvalue weighted by molar-refractivity contribution is 5.85. The van der Waals surface area contributed by atoms with E-state index >= 15 is 0 Å². The molecule has 2 atom stereocenters. The number of rotatable bonds is 6. The lowest BCUT2D eigenvalue weighted by Crippen LogP contribution is -2.48. The smallest absolute Gasteiger partial charge is 0.156 e. The van der Waals surface area contributed by atoms with Crippen LogP contribution >= 0.6 is 0 Å². The predicted molar refractivity (Wildman–Crippen MR) is 58.6 cm³/mol. The Morgan fingerprint density at radius 1 is 1.57 bits per heavy atom. The van der Waals surface area contributed by atoms with Gasteiger partial charge in [-0.05, 0) is 27.4 Å². The minimum atomic E-state index is -0.0463. The summed E-state index contributed by atoms with van der Waals surface area (Å²) in [7, 11) is 4.03. The van der Waals surface area contributed by atoms with Crippen LogP contribution in [0, 0.1) is 0 Å². The highest BCUT2D eigenvalue weighted by Gasteiger charge is 2.14. The van der Waals surface area contributed by atoms with Gasteiger partial charge in [0, 0.05) is 12.6 Å². The van der Waals surface area contributed by atoms with E-state index in [0.29, 0.717) is 6.04 Å². The lowest BCUT2D eigenvalue weighted by molar-refractivity contribution is 0.308. The van der Waals surface area contributed by atoms with Gasteiger partial charge in [0.15, 0.2) is 5.84 Å². The fourth-order valence-corrected chi connectivity index (χ4v) is 1.43. The molecule has 0 aliphatic rings. The van der Waals surface area contributed by atoms with Crippen molar-refractivity contribution in [3.8, 4) is 0 Å². The Morgan fingerprint density at radius 2 is 2.14 bits per heavy atom. The van der Waals surface area contributed by atoms with Gasteiger partial charge in [0.1, 0.15) is 0 Å². The Morgan fingerprint density at radius 3 is 2.50 bits per heavy atom. The van der Waals surface area contributed by atoms with Crippen molar-refractivity contribution >= 4 is 5.84 Å². The van der Waals surface area contributed by atoms with Gasteiger partial charge in [0.05, 0.1) is 6.04 Å². The standard InChI is InChI=1S/C9H22N4O/c1-5-8(9(10)12-14)11-7(2)6-13(3)4/h7-8,11,14H,5-6H2,1-4H3,(H2,10,12). The summed E-state index contributed by atoms with van der Waals surface area (Å²) in [5, 5.41) is 14.8. The van der Waals surface area contributed by atoms with E-state index in [1.54, 1.807) is 0 Å². The van der Waals surface area contributed by atoms with Crippen molar-refractivity contribution in [2.45, 2.75) is 32.4 Å². The largest absolute Gasteiger partial charge is 0.409 e. The third-order valence-electron chi connectivity index (χ3n) is 2.01. The molecule has 84 valence electrons. The molecule has 0 bridgehead atoms. The number of likely N-dealkylation sites (N-methyl/N-ethyl adjacent to an activating group) is 1. The molecule has 0 fully saturated rings. The van der Waals surface area contributed by atoms with Gasteiger partial charge in [0.2, 0.25) is 0 Å². The second kappa shape index (κ2) is 6.62. The second-order valence-corrected chi connectivity index (χ2v) is 3.82. The van der Waals surface area contributed by atoms with Gasteiger partial charge in [-0.15, -0.1) is 0 Å². The first-order valence-electron chi connectivity index (χ1n) is 4.89. The van der Waals surface area contributed by atoms with Gasteiger partial charge in [0.25, 0.3) is 0 Å². The molecule has 5 heteroatoms. The molecular weight excluding hydrogens is 180 g/mol. The van der Waals surface area contributed by atoms with Crippen LogP contribution in [0.4, 0.5) is 0 Å². The summed E-state index contributed by atoms with van der Waals surface area (Å²) in [6.45, 7) is 5.00. The molecule has 0 spiro atoms. The molecular formula is C9H22N4O. The van der Waals surface area contributed by atoms with Crippen molar-refractivity contribution in [3.63, 3.8) is 0 Å². The summed E-state index contributed by atoms with van der Waals surface area (Å²) >= 11 is 0. The van der Waals surface area contributed by atoms with Gasteiger partial charge in [-0.25, -0.2) is 0 Å². The van der Waals surface area contributed by atoms with Crippen LogP contribution in [-0.4, -0.2) is 48.7 Å². The Hall–Kier alpha value is -0.810. The SMILES string of the molecule is CCC(NC(C)CN(C)C)C(N)=NO. The van der Waals surface area contributed by atoms with Crippen LogP contribution in [0.5, 0.6) is 0 Å². The predicted octanol–water partition coefficient (Wildman–Crippen LogP) is 0.0511. The second-order valence-electron chi connectivity index (χ2n) is 3.82. The Bertz CT molecular complexity index is 182. The lowest BCUT2D eigenvalue weighted by atomic mass is 10.1. The van der Waals surface area contributed by atoms with Crippen molar-refractivity contribution < 1.29 is 5.21 Å². The highest BCUT2D eigenvalue weighted by atomic mass is 16.4. The Labute approximate surface area is 86.0 Å². The summed E-state index contributed by atoms with van der Waals surface area (Å²) < 4.78 is 0. The molecule has 0 amide bonds. The summed E-state index contributed by atoms with van der Waals surface area (Å²) in [4.78, 5) is 2.09. The van der Waals surface area contributed by atoms with E-state index in [9.17, 15) is 0 Å². The van der Waals surface area contributed by atoms with Crippen LogP contribution in [0.1, 0.15) is 20.3 Å². The Balaban J connectivity index is 4.05. The molecule has 0 heterocycles. The monoisotopic (exact) mass is 202 g/mol. The van der Waals surface area contributed by atoms with Crippen molar-refractivity contribution in [2.75, 3.05) is 20.6 Å². The molecule has 2 unspecified atom stereocenters. The number of nitrogens with one attached hydrogen (secondary N) is 1. The number of nitrogens with two attached hydrogens (primary N) is 1. The zero-order valence-electron chi connectivity index (χ0n) is 9.49. The number of nitrogens with zero attached hydrogens (tertiary/aromatic N) is 2. The molecule has 0 radical (unpaired) electrons. The first-order chi connectivity index (χ1) is 6.51. The van der Waals surface area contributed by atoms with Gasteiger partial charge >= 0.3 is 0 Å². The molecule has 0 aliphatic carbocycles. The maximum Gasteiger partial charge on any atom is 0.156 e. The zero-order valence-corrected chi connectivity index (χ0v) is 9.49. The minimum absolute atomic E-state index is 0.0463. The molecule has 14 heavy (non-hydrogen) atoms. The first-order valence-corrected chi connectivity index (χ1v) is 4.89. The van der Waals surface area contributed by atoms with Crippen LogP contribution in [0.3, 0.4) is 0 Å². The van der Waals surface area contributed by atoms with Crippen molar-refractivity contribution in [2.24, 2.45) is 10.9 Å². The molecule has 0 aromatic rings.